The fourth-order valence-corrected chi connectivity index (χ4v) is 1.98. The quantitative estimate of drug-likeness (QED) is 0.482. The van der Waals surface area contributed by atoms with Gasteiger partial charge in [0.2, 0.25) is 5.91 Å². The molecule has 8 heteroatoms. The van der Waals surface area contributed by atoms with E-state index in [4.69, 9.17) is 0 Å². The summed E-state index contributed by atoms with van der Waals surface area (Å²) < 4.78 is 4.57. The third kappa shape index (κ3) is 3.69. The molecule has 1 aliphatic rings. The summed E-state index contributed by atoms with van der Waals surface area (Å²) >= 11 is 0. The van der Waals surface area contributed by atoms with Crippen LogP contribution in [0.3, 0.4) is 0 Å². The van der Waals surface area contributed by atoms with Gasteiger partial charge in [-0.1, -0.05) is 0 Å². The number of nitrogens with one attached hydrogen (secondary N) is 1. The second kappa shape index (κ2) is 6.88. The van der Waals surface area contributed by atoms with E-state index in [2.05, 4.69) is 10.1 Å². The van der Waals surface area contributed by atoms with Crippen molar-refractivity contribution >= 4 is 23.7 Å². The Balaban J connectivity index is 2.74. The molecule has 0 aromatic rings. The van der Waals surface area contributed by atoms with Gasteiger partial charge in [-0.15, -0.1) is 0 Å². The Morgan fingerprint density at radius 2 is 1.80 bits per heavy atom. The number of rotatable bonds is 5. The van der Waals surface area contributed by atoms with Gasteiger partial charge in [0.25, 0.3) is 0 Å². The Morgan fingerprint density at radius 3 is 2.30 bits per heavy atom. The van der Waals surface area contributed by atoms with E-state index in [0.29, 0.717) is 19.6 Å². The molecular weight excluding hydrogens is 266 g/mol. The summed E-state index contributed by atoms with van der Waals surface area (Å²) in [5.41, 5.74) is 0. The molecule has 1 heterocycles. The zero-order chi connectivity index (χ0) is 15.3. The molecule has 0 bridgehead atoms. The molecule has 0 aromatic carbocycles. The molecule has 0 radical (unpaired) electrons. The molecule has 3 amide bonds. The van der Waals surface area contributed by atoms with E-state index in [9.17, 15) is 19.2 Å². The number of carbonyl (C=O) groups is 4. The Bertz CT molecular complexity index is 423. The summed E-state index contributed by atoms with van der Waals surface area (Å²) in [5, 5.41) is 2.41. The predicted octanol–water partition coefficient (Wildman–Crippen LogP) is -1.65. The van der Waals surface area contributed by atoms with Gasteiger partial charge >= 0.3 is 17.8 Å². The molecule has 1 unspecified atom stereocenters. The lowest BCUT2D eigenvalue weighted by atomic mass is 10.2. The fraction of sp³-hybridized carbons (Fsp3) is 0.667. The first-order valence-electron chi connectivity index (χ1n) is 6.33. The Kier molecular flexibility index (Phi) is 5.48. The van der Waals surface area contributed by atoms with Crippen molar-refractivity contribution in [2.45, 2.75) is 19.9 Å². The highest BCUT2D eigenvalue weighted by atomic mass is 16.5. The molecule has 112 valence electrons. The molecule has 0 saturated carbocycles. The van der Waals surface area contributed by atoms with Crippen molar-refractivity contribution < 1.29 is 23.9 Å². The van der Waals surface area contributed by atoms with Crippen LogP contribution in [-0.4, -0.2) is 72.8 Å². The number of hydrogen-bond donors (Lipinski definition) is 1. The number of amides is 3. The number of carbonyl (C=O) groups excluding carboxylic acids is 4. The van der Waals surface area contributed by atoms with Crippen molar-refractivity contribution in [1.82, 2.24) is 15.1 Å². The molecule has 8 nitrogen and oxygen atoms in total. The summed E-state index contributed by atoms with van der Waals surface area (Å²) in [6.45, 7) is 4.17. The second-order valence-electron chi connectivity index (χ2n) is 4.41. The highest BCUT2D eigenvalue weighted by Crippen LogP contribution is 2.06. The van der Waals surface area contributed by atoms with Crippen molar-refractivity contribution in [3.63, 3.8) is 0 Å². The molecule has 1 atom stereocenters. The minimum absolute atomic E-state index is 0.0750. The molecule has 1 fully saturated rings. The largest absolute Gasteiger partial charge is 0.467 e. The number of nitrogens with zero attached hydrogens (tertiary/aromatic N) is 2. The number of esters is 1. The van der Waals surface area contributed by atoms with Crippen LogP contribution in [0.2, 0.25) is 0 Å². The molecular formula is C12H19N3O5. The van der Waals surface area contributed by atoms with Crippen LogP contribution < -0.4 is 5.32 Å². The van der Waals surface area contributed by atoms with Crippen molar-refractivity contribution in [2.24, 2.45) is 0 Å². The van der Waals surface area contributed by atoms with E-state index in [-0.39, 0.29) is 6.54 Å². The number of hydrogen-bond acceptors (Lipinski definition) is 5. The molecule has 0 aromatic heterocycles. The number of piperazine rings is 1. The lowest BCUT2D eigenvalue weighted by Crippen LogP contribution is -2.58. The summed E-state index contributed by atoms with van der Waals surface area (Å²) in [6.07, 6.45) is 0. The van der Waals surface area contributed by atoms with Crippen molar-refractivity contribution in [2.75, 3.05) is 33.3 Å². The predicted molar refractivity (Wildman–Crippen MR) is 68.5 cm³/mol. The van der Waals surface area contributed by atoms with Crippen LogP contribution in [0.4, 0.5) is 0 Å². The first-order valence-corrected chi connectivity index (χ1v) is 6.33. The lowest BCUT2D eigenvalue weighted by molar-refractivity contribution is -0.157. The van der Waals surface area contributed by atoms with Crippen LogP contribution in [-0.2, 0) is 23.9 Å². The minimum atomic E-state index is -0.970. The van der Waals surface area contributed by atoms with E-state index in [1.54, 1.807) is 6.92 Å². The van der Waals surface area contributed by atoms with Gasteiger partial charge in [0.05, 0.1) is 13.7 Å². The molecule has 20 heavy (non-hydrogen) atoms. The fourth-order valence-electron chi connectivity index (χ4n) is 1.98. The highest BCUT2D eigenvalue weighted by Gasteiger charge is 2.34. The Morgan fingerprint density at radius 1 is 1.25 bits per heavy atom. The maximum absolute atomic E-state index is 11.9. The molecule has 0 aliphatic carbocycles. The molecule has 1 aliphatic heterocycles. The van der Waals surface area contributed by atoms with Gasteiger partial charge in [-0.3, -0.25) is 14.4 Å². The maximum Gasteiger partial charge on any atom is 0.330 e. The lowest BCUT2D eigenvalue weighted by Gasteiger charge is -2.34. The van der Waals surface area contributed by atoms with Crippen molar-refractivity contribution in [3.8, 4) is 0 Å². The van der Waals surface area contributed by atoms with E-state index in [0.717, 1.165) is 0 Å². The zero-order valence-electron chi connectivity index (χ0n) is 11.8. The van der Waals surface area contributed by atoms with Crippen LogP contribution >= 0.6 is 0 Å². The van der Waals surface area contributed by atoms with E-state index < -0.39 is 29.7 Å². The third-order valence-electron chi connectivity index (χ3n) is 3.05. The monoisotopic (exact) mass is 285 g/mol. The molecule has 0 spiro atoms. The number of ether oxygens (including phenoxy) is 1. The van der Waals surface area contributed by atoms with Crippen molar-refractivity contribution in [1.29, 1.82) is 0 Å². The SMILES string of the molecule is CCN1CCN(CC(NC(C)=O)C(=O)OC)C(=O)C1=O. The summed E-state index contributed by atoms with van der Waals surface area (Å²) in [6, 6.07) is -0.970. The van der Waals surface area contributed by atoms with Gasteiger partial charge in [0.15, 0.2) is 0 Å². The van der Waals surface area contributed by atoms with Gasteiger partial charge in [-0.25, -0.2) is 4.79 Å². The highest BCUT2D eigenvalue weighted by molar-refractivity contribution is 6.35. The van der Waals surface area contributed by atoms with Gasteiger partial charge in [-0.2, -0.15) is 0 Å². The van der Waals surface area contributed by atoms with Crippen molar-refractivity contribution in [3.05, 3.63) is 0 Å². The van der Waals surface area contributed by atoms with Crippen LogP contribution in [0.5, 0.6) is 0 Å². The third-order valence-corrected chi connectivity index (χ3v) is 3.05. The number of likely N-dealkylation sites (N-methyl/N-ethyl adjacent to an activating group) is 1. The summed E-state index contributed by atoms with van der Waals surface area (Å²) in [4.78, 5) is 49.0. The van der Waals surface area contributed by atoms with Gasteiger partial charge < -0.3 is 19.9 Å². The second-order valence-corrected chi connectivity index (χ2v) is 4.41. The van der Waals surface area contributed by atoms with E-state index in [1.807, 2.05) is 0 Å². The average Bonchev–Trinajstić information content (AvgIpc) is 2.41. The standard InChI is InChI=1S/C12H19N3O5/c1-4-14-5-6-15(11(18)10(14)17)7-9(12(19)20-3)13-8(2)16/h9H,4-7H2,1-3H3,(H,13,16). The minimum Gasteiger partial charge on any atom is -0.467 e. The van der Waals surface area contributed by atoms with Gasteiger partial charge in [-0.05, 0) is 6.92 Å². The van der Waals surface area contributed by atoms with Gasteiger partial charge in [0, 0.05) is 26.6 Å². The van der Waals surface area contributed by atoms with E-state index in [1.165, 1.54) is 23.8 Å². The molecule has 1 rings (SSSR count). The average molecular weight is 285 g/mol. The Labute approximate surface area is 117 Å². The first-order chi connectivity index (χ1) is 9.40. The smallest absolute Gasteiger partial charge is 0.330 e. The maximum atomic E-state index is 11.9. The van der Waals surface area contributed by atoms with E-state index >= 15 is 0 Å². The van der Waals surface area contributed by atoms with Gasteiger partial charge in [0.1, 0.15) is 6.04 Å². The topological polar surface area (TPSA) is 96.0 Å². The zero-order valence-corrected chi connectivity index (χ0v) is 11.8. The molecule has 1 N–H and O–H groups in total. The normalized spacial score (nSPS) is 16.9. The van der Waals surface area contributed by atoms with Crippen LogP contribution in [0.25, 0.3) is 0 Å². The van der Waals surface area contributed by atoms with Crippen LogP contribution in [0, 0.1) is 0 Å². The number of methoxy groups -OCH3 is 1. The van der Waals surface area contributed by atoms with Crippen LogP contribution in [0.15, 0.2) is 0 Å². The summed E-state index contributed by atoms with van der Waals surface area (Å²) in [7, 11) is 1.19. The molecule has 1 saturated heterocycles. The Hall–Kier alpha value is -2.12. The summed E-state index contributed by atoms with van der Waals surface area (Å²) in [5.74, 6) is -2.33. The first kappa shape index (κ1) is 15.9. The van der Waals surface area contributed by atoms with Crippen LogP contribution in [0.1, 0.15) is 13.8 Å².